The summed E-state index contributed by atoms with van der Waals surface area (Å²) >= 11 is 0. The summed E-state index contributed by atoms with van der Waals surface area (Å²) in [5.74, 6) is 0.294. The zero-order valence-corrected chi connectivity index (χ0v) is 9.01. The molecule has 0 saturated carbocycles. The molecule has 1 aliphatic carbocycles. The van der Waals surface area contributed by atoms with Crippen LogP contribution in [0.4, 0.5) is 0 Å². The third-order valence-electron chi connectivity index (χ3n) is 3.36. The summed E-state index contributed by atoms with van der Waals surface area (Å²) in [6.07, 6.45) is 3.72. The van der Waals surface area contributed by atoms with Gasteiger partial charge in [-0.25, -0.2) is 0 Å². The van der Waals surface area contributed by atoms with Crippen LogP contribution in [0, 0.1) is 6.92 Å². The highest BCUT2D eigenvalue weighted by Crippen LogP contribution is 2.31. The summed E-state index contributed by atoms with van der Waals surface area (Å²) in [5.41, 5.74) is 5.85. The van der Waals surface area contributed by atoms with Crippen molar-refractivity contribution in [2.45, 2.75) is 39.0 Å². The minimum atomic E-state index is 0.259. The maximum absolute atomic E-state index is 9.19. The van der Waals surface area contributed by atoms with E-state index in [-0.39, 0.29) is 6.61 Å². The van der Waals surface area contributed by atoms with E-state index in [4.69, 9.17) is 0 Å². The predicted octanol–water partition coefficient (Wildman–Crippen LogP) is 2.58. The molecule has 76 valence electrons. The average molecular weight is 190 g/mol. The second-order valence-electron chi connectivity index (χ2n) is 4.37. The number of hydrogen-bond acceptors (Lipinski definition) is 1. The van der Waals surface area contributed by atoms with Crippen LogP contribution >= 0.6 is 0 Å². The largest absolute Gasteiger partial charge is 0.396 e. The van der Waals surface area contributed by atoms with Gasteiger partial charge in [0, 0.05) is 12.5 Å². The number of aliphatic hydroxyl groups excluding tert-OH is 1. The highest BCUT2D eigenvalue weighted by Gasteiger charge is 2.19. The third kappa shape index (κ3) is 1.46. The molecule has 1 heteroatoms. The van der Waals surface area contributed by atoms with Crippen molar-refractivity contribution in [2.75, 3.05) is 6.61 Å². The molecule has 14 heavy (non-hydrogen) atoms. The molecular weight excluding hydrogens is 172 g/mol. The van der Waals surface area contributed by atoms with E-state index >= 15 is 0 Å². The predicted molar refractivity (Wildman–Crippen MR) is 58.7 cm³/mol. The van der Waals surface area contributed by atoms with Crippen LogP contribution in [0.15, 0.2) is 12.1 Å². The summed E-state index contributed by atoms with van der Waals surface area (Å²) in [6.45, 7) is 4.55. The normalized spacial score (nSPS) is 16.8. The van der Waals surface area contributed by atoms with Gasteiger partial charge in [0.15, 0.2) is 0 Å². The number of fused-ring (bicyclic) bond motifs is 1. The van der Waals surface area contributed by atoms with E-state index in [1.165, 1.54) is 36.0 Å². The van der Waals surface area contributed by atoms with Crippen molar-refractivity contribution in [3.05, 3.63) is 34.4 Å². The molecule has 0 bridgehead atoms. The Morgan fingerprint density at radius 3 is 2.71 bits per heavy atom. The van der Waals surface area contributed by atoms with Gasteiger partial charge in [-0.1, -0.05) is 19.1 Å². The number of hydrogen-bond donors (Lipinski definition) is 1. The molecule has 0 radical (unpaired) electrons. The van der Waals surface area contributed by atoms with Gasteiger partial charge in [0.2, 0.25) is 0 Å². The number of benzene rings is 1. The lowest BCUT2D eigenvalue weighted by molar-refractivity contribution is 0.272. The fourth-order valence-corrected chi connectivity index (χ4v) is 2.47. The average Bonchev–Trinajstić information content (AvgIpc) is 2.67. The number of aliphatic hydroxyl groups is 1. The molecule has 1 aromatic carbocycles. The maximum Gasteiger partial charge on any atom is 0.0497 e. The molecule has 1 aromatic rings. The standard InChI is InChI=1S/C13H18O/c1-9-6-7-12(10(2)8-14)13-5-3-4-11(9)13/h6-7,10,14H,3-5,8H2,1-2H3. The van der Waals surface area contributed by atoms with Gasteiger partial charge in [-0.15, -0.1) is 0 Å². The lowest BCUT2D eigenvalue weighted by atomic mass is 9.92. The first-order chi connectivity index (χ1) is 6.74. The Hall–Kier alpha value is -0.820. The molecule has 1 nitrogen and oxygen atoms in total. The summed E-state index contributed by atoms with van der Waals surface area (Å²) < 4.78 is 0. The van der Waals surface area contributed by atoms with Gasteiger partial charge in [0.1, 0.15) is 0 Å². The number of rotatable bonds is 2. The SMILES string of the molecule is Cc1ccc(C(C)CO)c2c1CCC2. The second-order valence-corrected chi connectivity index (χ2v) is 4.37. The Morgan fingerprint density at radius 2 is 2.00 bits per heavy atom. The molecule has 0 heterocycles. The monoisotopic (exact) mass is 190 g/mol. The molecule has 0 amide bonds. The van der Waals surface area contributed by atoms with E-state index in [0.29, 0.717) is 5.92 Å². The van der Waals surface area contributed by atoms with E-state index in [0.717, 1.165) is 0 Å². The fraction of sp³-hybridized carbons (Fsp3) is 0.538. The molecule has 0 aromatic heterocycles. The maximum atomic E-state index is 9.19. The van der Waals surface area contributed by atoms with Crippen LogP contribution in [0.5, 0.6) is 0 Å². The molecule has 1 atom stereocenters. The second kappa shape index (κ2) is 3.74. The summed E-state index contributed by atoms with van der Waals surface area (Å²) in [7, 11) is 0. The van der Waals surface area contributed by atoms with Crippen molar-refractivity contribution in [3.63, 3.8) is 0 Å². The van der Waals surface area contributed by atoms with E-state index < -0.39 is 0 Å². The Kier molecular flexibility index (Phi) is 2.60. The minimum Gasteiger partial charge on any atom is -0.396 e. The van der Waals surface area contributed by atoms with Crippen LogP contribution in [0.1, 0.15) is 41.5 Å². The lowest BCUT2D eigenvalue weighted by Crippen LogP contribution is -2.04. The van der Waals surface area contributed by atoms with Crippen LogP contribution in [0.25, 0.3) is 0 Å². The van der Waals surface area contributed by atoms with Crippen LogP contribution in [0.2, 0.25) is 0 Å². The van der Waals surface area contributed by atoms with Crippen LogP contribution < -0.4 is 0 Å². The van der Waals surface area contributed by atoms with Crippen molar-refractivity contribution in [3.8, 4) is 0 Å². The first-order valence-corrected chi connectivity index (χ1v) is 5.46. The topological polar surface area (TPSA) is 20.2 Å². The van der Waals surface area contributed by atoms with Crippen LogP contribution in [0.3, 0.4) is 0 Å². The minimum absolute atomic E-state index is 0.259. The van der Waals surface area contributed by atoms with Crippen molar-refractivity contribution in [1.82, 2.24) is 0 Å². The fourth-order valence-electron chi connectivity index (χ4n) is 2.47. The van der Waals surface area contributed by atoms with Gasteiger partial charge in [0.25, 0.3) is 0 Å². The third-order valence-corrected chi connectivity index (χ3v) is 3.36. The van der Waals surface area contributed by atoms with Gasteiger partial charge in [-0.3, -0.25) is 0 Å². The van der Waals surface area contributed by atoms with Crippen LogP contribution in [-0.2, 0) is 12.8 Å². The van der Waals surface area contributed by atoms with Gasteiger partial charge in [-0.2, -0.15) is 0 Å². The Balaban J connectivity index is 2.48. The van der Waals surface area contributed by atoms with Gasteiger partial charge in [0.05, 0.1) is 0 Å². The van der Waals surface area contributed by atoms with Crippen molar-refractivity contribution in [1.29, 1.82) is 0 Å². The highest BCUT2D eigenvalue weighted by atomic mass is 16.3. The van der Waals surface area contributed by atoms with E-state index in [1.54, 1.807) is 5.56 Å². The zero-order valence-electron chi connectivity index (χ0n) is 9.01. The Morgan fingerprint density at radius 1 is 1.29 bits per heavy atom. The first-order valence-electron chi connectivity index (χ1n) is 5.46. The molecule has 1 aliphatic rings. The van der Waals surface area contributed by atoms with Gasteiger partial charge >= 0.3 is 0 Å². The van der Waals surface area contributed by atoms with Gasteiger partial charge in [-0.05, 0) is 48.4 Å². The molecular formula is C13H18O. The highest BCUT2D eigenvalue weighted by molar-refractivity contribution is 5.44. The molecule has 0 fully saturated rings. The molecule has 1 unspecified atom stereocenters. The Labute approximate surface area is 85.8 Å². The molecule has 0 saturated heterocycles. The molecule has 1 N–H and O–H groups in total. The van der Waals surface area contributed by atoms with Gasteiger partial charge < -0.3 is 5.11 Å². The number of aryl methyl sites for hydroxylation is 1. The van der Waals surface area contributed by atoms with E-state index in [2.05, 4.69) is 26.0 Å². The first kappa shape index (κ1) is 9.72. The van der Waals surface area contributed by atoms with E-state index in [9.17, 15) is 5.11 Å². The zero-order chi connectivity index (χ0) is 10.1. The van der Waals surface area contributed by atoms with Crippen molar-refractivity contribution < 1.29 is 5.11 Å². The molecule has 0 aliphatic heterocycles. The van der Waals surface area contributed by atoms with Crippen molar-refractivity contribution in [2.24, 2.45) is 0 Å². The summed E-state index contributed by atoms with van der Waals surface area (Å²) in [6, 6.07) is 4.39. The summed E-state index contributed by atoms with van der Waals surface area (Å²) in [5, 5.41) is 9.19. The summed E-state index contributed by atoms with van der Waals surface area (Å²) in [4.78, 5) is 0. The Bertz CT molecular complexity index is 341. The van der Waals surface area contributed by atoms with Crippen LogP contribution in [-0.4, -0.2) is 11.7 Å². The smallest absolute Gasteiger partial charge is 0.0497 e. The van der Waals surface area contributed by atoms with Crippen molar-refractivity contribution >= 4 is 0 Å². The van der Waals surface area contributed by atoms with E-state index in [1.807, 2.05) is 0 Å². The molecule has 0 spiro atoms. The quantitative estimate of drug-likeness (QED) is 0.760. The molecule has 2 rings (SSSR count). The lowest BCUT2D eigenvalue weighted by Gasteiger charge is -2.15.